The summed E-state index contributed by atoms with van der Waals surface area (Å²) in [5.74, 6) is -1.02. The average molecular weight is 875 g/mol. The Morgan fingerprint density at radius 3 is 0.983 bits per heavy atom. The SMILES string of the molecule is CCS(=O)(=O)Oc1cccc(NC(=O)Nc2cccc(OS(=O)(=O)c3cccc(S(=O)(=O)Oc4cccc(NC(=O)Nc5cccc(OS(=O)(=O)CC)c5)c4)c3)c2)c1. The molecule has 0 heterocycles. The van der Waals surface area contributed by atoms with E-state index in [1.54, 1.807) is 0 Å². The van der Waals surface area contributed by atoms with Crippen molar-refractivity contribution in [2.75, 3.05) is 32.8 Å². The van der Waals surface area contributed by atoms with E-state index in [0.717, 1.165) is 24.3 Å². The number of amides is 4. The van der Waals surface area contributed by atoms with Gasteiger partial charge in [0.05, 0.1) is 11.5 Å². The van der Waals surface area contributed by atoms with Crippen molar-refractivity contribution in [3.8, 4) is 23.0 Å². The van der Waals surface area contributed by atoms with Crippen LogP contribution in [0.2, 0.25) is 0 Å². The number of carbonyl (C=O) groups is 2. The highest BCUT2D eigenvalue weighted by atomic mass is 32.2. The Morgan fingerprint density at radius 1 is 0.414 bits per heavy atom. The molecule has 18 nitrogen and oxygen atoms in total. The summed E-state index contributed by atoms with van der Waals surface area (Å²) < 4.78 is 120. The van der Waals surface area contributed by atoms with E-state index in [1.807, 2.05) is 0 Å². The van der Waals surface area contributed by atoms with Crippen LogP contribution in [0.4, 0.5) is 32.3 Å². The molecule has 58 heavy (non-hydrogen) atoms. The van der Waals surface area contributed by atoms with Gasteiger partial charge in [-0.3, -0.25) is 0 Å². The van der Waals surface area contributed by atoms with Crippen LogP contribution >= 0.6 is 0 Å². The number of urea groups is 2. The summed E-state index contributed by atoms with van der Waals surface area (Å²) in [6.07, 6.45) is 0. The zero-order valence-electron chi connectivity index (χ0n) is 30.3. The number of carbonyl (C=O) groups excluding carboxylic acids is 2. The molecule has 0 radical (unpaired) electrons. The predicted molar refractivity (Wildman–Crippen MR) is 213 cm³/mol. The number of rotatable bonds is 16. The van der Waals surface area contributed by atoms with Crippen molar-refractivity contribution in [3.05, 3.63) is 121 Å². The Kier molecular flexibility index (Phi) is 13.2. The normalized spacial score (nSPS) is 11.8. The van der Waals surface area contributed by atoms with Crippen molar-refractivity contribution in [2.45, 2.75) is 23.6 Å². The Balaban J connectivity index is 1.21. The van der Waals surface area contributed by atoms with Crippen molar-refractivity contribution < 1.29 is 60.0 Å². The quantitative estimate of drug-likeness (QED) is 0.0834. The molecule has 0 unspecified atom stereocenters. The second-order valence-corrected chi connectivity index (χ2v) is 18.5. The summed E-state index contributed by atoms with van der Waals surface area (Å²) in [7, 11) is -16.9. The van der Waals surface area contributed by atoms with E-state index in [4.69, 9.17) is 16.7 Å². The van der Waals surface area contributed by atoms with Gasteiger partial charge in [-0.05, 0) is 80.6 Å². The fourth-order valence-electron chi connectivity index (χ4n) is 4.64. The van der Waals surface area contributed by atoms with Crippen LogP contribution < -0.4 is 38.0 Å². The van der Waals surface area contributed by atoms with Crippen LogP contribution in [-0.4, -0.2) is 57.2 Å². The third kappa shape index (κ3) is 12.3. The molecule has 0 aromatic heterocycles. The fraction of sp³-hybridized carbons (Fsp3) is 0.111. The first-order valence-corrected chi connectivity index (χ1v) is 22.7. The van der Waals surface area contributed by atoms with Gasteiger partial charge in [-0.2, -0.15) is 33.7 Å². The van der Waals surface area contributed by atoms with E-state index in [1.165, 1.54) is 111 Å². The molecule has 5 aromatic carbocycles. The summed E-state index contributed by atoms with van der Waals surface area (Å²) >= 11 is 0. The molecule has 0 spiro atoms. The van der Waals surface area contributed by atoms with Crippen molar-refractivity contribution in [2.24, 2.45) is 0 Å². The van der Waals surface area contributed by atoms with E-state index >= 15 is 0 Å². The van der Waals surface area contributed by atoms with Gasteiger partial charge < -0.3 is 38.0 Å². The molecular formula is C36H34N4O14S4. The maximum Gasteiger partial charge on any atom is 0.339 e. The molecule has 22 heteroatoms. The van der Waals surface area contributed by atoms with Gasteiger partial charge >= 0.3 is 52.5 Å². The van der Waals surface area contributed by atoms with Crippen molar-refractivity contribution in [1.82, 2.24) is 0 Å². The van der Waals surface area contributed by atoms with Crippen molar-refractivity contribution >= 4 is 75.3 Å². The molecule has 5 rings (SSSR count). The Morgan fingerprint density at radius 2 is 0.690 bits per heavy atom. The minimum atomic E-state index is -4.65. The first-order valence-electron chi connectivity index (χ1n) is 16.7. The van der Waals surface area contributed by atoms with Crippen LogP contribution in [0.5, 0.6) is 23.0 Å². The molecule has 0 fully saturated rings. The third-order valence-corrected chi connectivity index (χ3v) is 12.1. The van der Waals surface area contributed by atoms with Gasteiger partial charge in [0.2, 0.25) is 0 Å². The number of hydrogen-bond donors (Lipinski definition) is 4. The number of nitrogens with one attached hydrogen (secondary N) is 4. The minimum absolute atomic E-state index is 0.0188. The minimum Gasteiger partial charge on any atom is -0.382 e. The summed E-state index contributed by atoms with van der Waals surface area (Å²) in [4.78, 5) is 24.2. The van der Waals surface area contributed by atoms with E-state index in [0.29, 0.717) is 0 Å². The highest BCUT2D eigenvalue weighted by molar-refractivity contribution is 7.88. The third-order valence-electron chi connectivity index (χ3n) is 7.32. The molecule has 4 amide bonds. The Labute approximate surface area is 334 Å². The molecule has 306 valence electrons. The summed E-state index contributed by atoms with van der Waals surface area (Å²) in [6, 6.07) is 24.5. The highest BCUT2D eigenvalue weighted by Crippen LogP contribution is 2.27. The van der Waals surface area contributed by atoms with Gasteiger partial charge in [-0.1, -0.05) is 30.3 Å². The van der Waals surface area contributed by atoms with Gasteiger partial charge in [0.15, 0.2) is 0 Å². The predicted octanol–water partition coefficient (Wildman–Crippen LogP) is 5.97. The van der Waals surface area contributed by atoms with Crippen LogP contribution in [0.15, 0.2) is 131 Å². The standard InChI is InChI=1S/C36H34N4O14S4/c1-3-55(43,44)51-29-14-5-10-25(20-29)37-35(41)39-27-12-7-16-31(22-27)53-57(47,48)33-18-9-19-34(24-33)58(49,50)54-32-17-8-13-28(23-32)40-36(42)38-26-11-6-15-30(21-26)52-56(45,46)4-2/h5-24H,3-4H2,1-2H3,(H2,37,39,41)(H2,38,40,42). The van der Waals surface area contributed by atoms with E-state index in [9.17, 15) is 43.3 Å². The molecule has 0 aliphatic heterocycles. The van der Waals surface area contributed by atoms with Crippen LogP contribution in [0, 0.1) is 0 Å². The molecule has 0 saturated carbocycles. The lowest BCUT2D eigenvalue weighted by atomic mass is 10.3. The molecular weight excluding hydrogens is 841 g/mol. The number of hydrogen-bond acceptors (Lipinski definition) is 14. The maximum atomic E-state index is 13.2. The van der Waals surface area contributed by atoms with E-state index in [-0.39, 0.29) is 57.3 Å². The number of anilines is 4. The molecule has 0 bridgehead atoms. The summed E-state index contributed by atoms with van der Waals surface area (Å²) in [5, 5.41) is 9.99. The number of benzene rings is 5. The van der Waals surface area contributed by atoms with Crippen LogP contribution in [0.25, 0.3) is 0 Å². The van der Waals surface area contributed by atoms with Crippen LogP contribution in [0.1, 0.15) is 13.8 Å². The molecule has 0 aliphatic carbocycles. The van der Waals surface area contributed by atoms with Crippen molar-refractivity contribution in [1.29, 1.82) is 0 Å². The first kappa shape index (κ1) is 42.8. The van der Waals surface area contributed by atoms with Gasteiger partial charge in [0.1, 0.15) is 32.8 Å². The second-order valence-electron chi connectivity index (χ2n) is 11.7. The van der Waals surface area contributed by atoms with Crippen LogP contribution in [0.3, 0.4) is 0 Å². The lowest BCUT2D eigenvalue weighted by Gasteiger charge is -2.12. The van der Waals surface area contributed by atoms with E-state index in [2.05, 4.69) is 21.3 Å². The topological polar surface area (TPSA) is 256 Å². The summed E-state index contributed by atoms with van der Waals surface area (Å²) in [6.45, 7) is 2.82. The van der Waals surface area contributed by atoms with Gasteiger partial charge in [-0.25, -0.2) is 9.59 Å². The maximum absolute atomic E-state index is 13.2. The zero-order valence-corrected chi connectivity index (χ0v) is 33.6. The van der Waals surface area contributed by atoms with Crippen molar-refractivity contribution in [3.63, 3.8) is 0 Å². The monoisotopic (exact) mass is 874 g/mol. The largest absolute Gasteiger partial charge is 0.382 e. The lowest BCUT2D eigenvalue weighted by molar-refractivity contribution is 0.261. The fourth-order valence-corrected chi connectivity index (χ4v) is 7.68. The highest BCUT2D eigenvalue weighted by Gasteiger charge is 2.23. The first-order chi connectivity index (χ1) is 27.3. The molecule has 0 saturated heterocycles. The second kappa shape index (κ2) is 17.8. The van der Waals surface area contributed by atoms with Gasteiger partial charge in [-0.15, -0.1) is 0 Å². The van der Waals surface area contributed by atoms with Crippen LogP contribution in [-0.2, 0) is 40.5 Å². The lowest BCUT2D eigenvalue weighted by Crippen LogP contribution is -2.19. The zero-order chi connectivity index (χ0) is 42.1. The summed E-state index contributed by atoms with van der Waals surface area (Å²) in [5.41, 5.74) is 0.604. The Hall–Kier alpha value is -6.36. The van der Waals surface area contributed by atoms with E-state index < -0.39 is 62.3 Å². The molecule has 0 atom stereocenters. The molecule has 5 aromatic rings. The smallest absolute Gasteiger partial charge is 0.339 e. The molecule has 4 N–H and O–H groups in total. The Bertz CT molecular complexity index is 2600. The van der Waals surface area contributed by atoms with Gasteiger partial charge in [0, 0.05) is 47.0 Å². The van der Waals surface area contributed by atoms with Gasteiger partial charge in [0.25, 0.3) is 0 Å². The molecule has 0 aliphatic rings. The average Bonchev–Trinajstić information content (AvgIpc) is 3.14.